The van der Waals surface area contributed by atoms with Crippen LogP contribution in [0.3, 0.4) is 0 Å². The number of hydrogen-bond donors (Lipinski definition) is 1. The van der Waals surface area contributed by atoms with E-state index in [0.717, 1.165) is 18.7 Å². The molecule has 0 saturated heterocycles. The van der Waals surface area contributed by atoms with E-state index in [1.54, 1.807) is 5.56 Å². The Morgan fingerprint density at radius 3 is 2.94 bits per heavy atom. The minimum Gasteiger partial charge on any atom is -0.399 e. The van der Waals surface area contributed by atoms with E-state index >= 15 is 0 Å². The van der Waals surface area contributed by atoms with Crippen LogP contribution in [0.1, 0.15) is 29.0 Å². The Morgan fingerprint density at radius 1 is 1.25 bits per heavy atom. The summed E-state index contributed by atoms with van der Waals surface area (Å²) in [6, 6.07) is 4.32. The van der Waals surface area contributed by atoms with Crippen molar-refractivity contribution in [3.05, 3.63) is 41.0 Å². The van der Waals surface area contributed by atoms with Gasteiger partial charge in [-0.25, -0.2) is 0 Å². The number of nitrogens with two attached hydrogens (primary N) is 1. The largest absolute Gasteiger partial charge is 0.399 e. The molecule has 84 valence electrons. The second-order valence-corrected chi connectivity index (χ2v) is 5.06. The minimum atomic E-state index is 0.670. The molecule has 1 aromatic rings. The molecular weight excluding hydrogens is 196 g/mol. The molecule has 2 nitrogen and oxygen atoms in total. The van der Waals surface area contributed by atoms with Gasteiger partial charge in [0.15, 0.2) is 0 Å². The highest BCUT2D eigenvalue weighted by Gasteiger charge is 2.26. The van der Waals surface area contributed by atoms with Gasteiger partial charge in [0.1, 0.15) is 0 Å². The third-order valence-corrected chi connectivity index (χ3v) is 3.68. The number of likely N-dealkylation sites (N-methyl/N-ethyl adjacent to an activating group) is 1. The van der Waals surface area contributed by atoms with E-state index in [2.05, 4.69) is 36.2 Å². The zero-order valence-corrected chi connectivity index (χ0v) is 9.74. The summed E-state index contributed by atoms with van der Waals surface area (Å²) in [6.45, 7) is 2.22. The van der Waals surface area contributed by atoms with E-state index in [9.17, 15) is 0 Å². The Balaban J connectivity index is 2.18. The predicted molar refractivity (Wildman–Crippen MR) is 67.4 cm³/mol. The van der Waals surface area contributed by atoms with E-state index in [4.69, 9.17) is 5.73 Å². The van der Waals surface area contributed by atoms with Gasteiger partial charge >= 0.3 is 0 Å². The van der Waals surface area contributed by atoms with Crippen molar-refractivity contribution in [2.24, 2.45) is 0 Å². The number of benzene rings is 1. The Morgan fingerprint density at radius 2 is 2.06 bits per heavy atom. The molecule has 0 bridgehead atoms. The number of rotatable bonds is 0. The third kappa shape index (κ3) is 1.54. The van der Waals surface area contributed by atoms with Crippen molar-refractivity contribution in [1.29, 1.82) is 0 Å². The molecule has 2 aliphatic rings. The molecule has 1 aliphatic heterocycles. The fourth-order valence-electron chi connectivity index (χ4n) is 3.12. The lowest BCUT2D eigenvalue weighted by molar-refractivity contribution is 0.281. The van der Waals surface area contributed by atoms with Crippen LogP contribution >= 0.6 is 0 Å². The van der Waals surface area contributed by atoms with Crippen LogP contribution in [0.2, 0.25) is 0 Å². The van der Waals surface area contributed by atoms with Crippen molar-refractivity contribution in [3.8, 4) is 0 Å². The standard InChI is InChI=1S/C14H18N2/c1-16-8-11-5-3-2-4-10-6-13(15)7-12(9-16)14(10)11/h2-3,6-7,11H,4-5,8-9,15H2,1H3. The average Bonchev–Trinajstić information content (AvgIpc) is 2.40. The van der Waals surface area contributed by atoms with Crippen LogP contribution in [-0.4, -0.2) is 18.5 Å². The Kier molecular flexibility index (Phi) is 2.25. The van der Waals surface area contributed by atoms with Crippen LogP contribution in [0.15, 0.2) is 24.3 Å². The highest BCUT2D eigenvalue weighted by atomic mass is 15.1. The lowest BCUT2D eigenvalue weighted by Gasteiger charge is -2.33. The molecule has 0 spiro atoms. The minimum absolute atomic E-state index is 0.670. The van der Waals surface area contributed by atoms with Gasteiger partial charge in [-0.2, -0.15) is 0 Å². The van der Waals surface area contributed by atoms with E-state index in [1.807, 2.05) is 0 Å². The summed E-state index contributed by atoms with van der Waals surface area (Å²) in [5.74, 6) is 0.670. The summed E-state index contributed by atoms with van der Waals surface area (Å²) in [5, 5.41) is 0. The first-order chi connectivity index (χ1) is 7.74. The van der Waals surface area contributed by atoms with Crippen LogP contribution < -0.4 is 5.73 Å². The fourth-order valence-corrected chi connectivity index (χ4v) is 3.12. The van der Waals surface area contributed by atoms with E-state index in [0.29, 0.717) is 5.92 Å². The molecule has 1 heterocycles. The normalized spacial score (nSPS) is 23.9. The van der Waals surface area contributed by atoms with Gasteiger partial charge in [-0.3, -0.25) is 0 Å². The van der Waals surface area contributed by atoms with Gasteiger partial charge < -0.3 is 10.6 Å². The lowest BCUT2D eigenvalue weighted by atomic mass is 9.84. The van der Waals surface area contributed by atoms with Crippen molar-refractivity contribution in [1.82, 2.24) is 4.90 Å². The van der Waals surface area contributed by atoms with Crippen LogP contribution in [0.5, 0.6) is 0 Å². The molecule has 1 unspecified atom stereocenters. The maximum atomic E-state index is 5.98. The van der Waals surface area contributed by atoms with Crippen molar-refractivity contribution < 1.29 is 0 Å². The molecule has 0 radical (unpaired) electrons. The summed E-state index contributed by atoms with van der Waals surface area (Å²) in [7, 11) is 2.19. The van der Waals surface area contributed by atoms with Crippen LogP contribution in [-0.2, 0) is 13.0 Å². The molecule has 2 heteroatoms. The van der Waals surface area contributed by atoms with Crippen LogP contribution in [0.25, 0.3) is 0 Å². The number of anilines is 1. The molecule has 1 atom stereocenters. The molecule has 0 amide bonds. The van der Waals surface area contributed by atoms with E-state index in [-0.39, 0.29) is 0 Å². The molecule has 0 aromatic heterocycles. The van der Waals surface area contributed by atoms with Crippen molar-refractivity contribution in [3.63, 3.8) is 0 Å². The zero-order chi connectivity index (χ0) is 11.1. The summed E-state index contributed by atoms with van der Waals surface area (Å²) in [6.07, 6.45) is 6.83. The van der Waals surface area contributed by atoms with Gasteiger partial charge in [0.25, 0.3) is 0 Å². The maximum absolute atomic E-state index is 5.98. The highest BCUT2D eigenvalue weighted by molar-refractivity contribution is 5.53. The predicted octanol–water partition coefficient (Wildman–Crippen LogP) is 2.30. The van der Waals surface area contributed by atoms with Crippen LogP contribution in [0, 0.1) is 0 Å². The molecule has 1 aromatic carbocycles. The van der Waals surface area contributed by atoms with Gasteiger partial charge in [-0.1, -0.05) is 12.2 Å². The molecule has 2 N–H and O–H groups in total. The monoisotopic (exact) mass is 214 g/mol. The molecule has 1 aliphatic carbocycles. The molecule has 0 saturated carbocycles. The van der Waals surface area contributed by atoms with Crippen molar-refractivity contribution in [2.75, 3.05) is 19.3 Å². The van der Waals surface area contributed by atoms with Crippen molar-refractivity contribution in [2.45, 2.75) is 25.3 Å². The van der Waals surface area contributed by atoms with Crippen molar-refractivity contribution >= 4 is 5.69 Å². The number of hydrogen-bond acceptors (Lipinski definition) is 2. The molecule has 0 fully saturated rings. The number of allylic oxidation sites excluding steroid dienone is 2. The summed E-state index contributed by atoms with van der Waals surface area (Å²) in [5.41, 5.74) is 11.4. The van der Waals surface area contributed by atoms with Crippen LogP contribution in [0.4, 0.5) is 5.69 Å². The Labute approximate surface area is 96.7 Å². The summed E-state index contributed by atoms with van der Waals surface area (Å²) in [4.78, 5) is 2.40. The average molecular weight is 214 g/mol. The number of nitrogen functional groups attached to an aromatic ring is 1. The maximum Gasteiger partial charge on any atom is 0.0320 e. The quantitative estimate of drug-likeness (QED) is 0.530. The highest BCUT2D eigenvalue weighted by Crippen LogP contribution is 2.36. The van der Waals surface area contributed by atoms with E-state index in [1.165, 1.54) is 24.1 Å². The first kappa shape index (κ1) is 9.91. The van der Waals surface area contributed by atoms with Gasteiger partial charge in [-0.05, 0) is 48.7 Å². The third-order valence-electron chi connectivity index (χ3n) is 3.68. The van der Waals surface area contributed by atoms with Gasteiger partial charge in [0.2, 0.25) is 0 Å². The molecule has 3 rings (SSSR count). The molecular formula is C14H18N2. The van der Waals surface area contributed by atoms with E-state index < -0.39 is 0 Å². The Bertz CT molecular complexity index is 448. The molecule has 16 heavy (non-hydrogen) atoms. The SMILES string of the molecule is CN1Cc2cc(N)cc3c2C(CC=CC3)C1. The fraction of sp³-hybridized carbons (Fsp3) is 0.429. The summed E-state index contributed by atoms with van der Waals surface area (Å²) < 4.78 is 0. The van der Waals surface area contributed by atoms with Gasteiger partial charge in [-0.15, -0.1) is 0 Å². The Hall–Kier alpha value is -1.28. The smallest absolute Gasteiger partial charge is 0.0320 e. The summed E-state index contributed by atoms with van der Waals surface area (Å²) >= 11 is 0. The second-order valence-electron chi connectivity index (χ2n) is 5.06. The lowest BCUT2D eigenvalue weighted by Crippen LogP contribution is -2.30. The zero-order valence-electron chi connectivity index (χ0n) is 9.74. The number of nitrogens with zero attached hydrogens (tertiary/aromatic N) is 1. The topological polar surface area (TPSA) is 29.3 Å². The van der Waals surface area contributed by atoms with Gasteiger partial charge in [0, 0.05) is 24.7 Å². The van der Waals surface area contributed by atoms with Gasteiger partial charge in [0.05, 0.1) is 0 Å². The first-order valence-corrected chi connectivity index (χ1v) is 5.99. The second kappa shape index (κ2) is 3.63. The first-order valence-electron chi connectivity index (χ1n) is 5.99.